The van der Waals surface area contributed by atoms with Gasteiger partial charge in [0.05, 0.1) is 0 Å². The van der Waals surface area contributed by atoms with Crippen LogP contribution in [0.2, 0.25) is 0 Å². The number of halogens is 1. The molecule has 0 aromatic heterocycles. The van der Waals surface area contributed by atoms with Crippen molar-refractivity contribution in [1.29, 1.82) is 0 Å². The minimum Gasteiger partial charge on any atom is -0.384 e. The second-order valence-electron chi connectivity index (χ2n) is 4.03. The molecule has 0 fully saturated rings. The van der Waals surface area contributed by atoms with Crippen LogP contribution < -0.4 is 10.6 Å². The summed E-state index contributed by atoms with van der Waals surface area (Å²) in [5.41, 5.74) is 5.54. The molecule has 0 aliphatic heterocycles. The maximum atomic E-state index is 13.1. The second kappa shape index (κ2) is 4.16. The van der Waals surface area contributed by atoms with Gasteiger partial charge in [0, 0.05) is 31.9 Å². The van der Waals surface area contributed by atoms with Crippen molar-refractivity contribution >= 4 is 5.69 Å². The fraction of sp³-hybridized carbons (Fsp3) is 0.455. The summed E-state index contributed by atoms with van der Waals surface area (Å²) in [5, 5.41) is 10.0. The van der Waals surface area contributed by atoms with Crippen molar-refractivity contribution in [2.75, 3.05) is 25.5 Å². The summed E-state index contributed by atoms with van der Waals surface area (Å²) in [7, 11) is 3.67. The van der Waals surface area contributed by atoms with E-state index in [0.29, 0.717) is 5.56 Å². The van der Waals surface area contributed by atoms with Crippen LogP contribution in [0.3, 0.4) is 0 Å². The minimum absolute atomic E-state index is 0.0529. The lowest BCUT2D eigenvalue weighted by Gasteiger charge is -2.27. The Morgan fingerprint density at radius 1 is 1.47 bits per heavy atom. The van der Waals surface area contributed by atoms with E-state index in [4.69, 9.17) is 5.73 Å². The molecule has 15 heavy (non-hydrogen) atoms. The van der Waals surface area contributed by atoms with Crippen LogP contribution in [-0.2, 0) is 5.60 Å². The first-order chi connectivity index (χ1) is 6.88. The molecule has 1 aromatic carbocycles. The molecule has 0 aliphatic carbocycles. The van der Waals surface area contributed by atoms with Crippen molar-refractivity contribution in [2.24, 2.45) is 5.73 Å². The van der Waals surface area contributed by atoms with Crippen molar-refractivity contribution < 1.29 is 9.50 Å². The third-order valence-electron chi connectivity index (χ3n) is 2.42. The standard InChI is InChI=1S/C11H17FN2O/c1-11(15,7-13)9-6-8(12)4-5-10(9)14(2)3/h4-6,15H,7,13H2,1-3H3. The number of anilines is 1. The molecular formula is C11H17FN2O. The Morgan fingerprint density at radius 2 is 2.07 bits per heavy atom. The van der Waals surface area contributed by atoms with Crippen LogP contribution in [0.4, 0.5) is 10.1 Å². The highest BCUT2D eigenvalue weighted by molar-refractivity contribution is 5.55. The maximum absolute atomic E-state index is 13.1. The number of rotatable bonds is 3. The summed E-state index contributed by atoms with van der Waals surface area (Å²) in [6.45, 7) is 1.63. The fourth-order valence-electron chi connectivity index (χ4n) is 1.44. The molecule has 0 spiro atoms. The molecule has 1 aromatic rings. The van der Waals surface area contributed by atoms with Crippen molar-refractivity contribution in [1.82, 2.24) is 0 Å². The van der Waals surface area contributed by atoms with E-state index < -0.39 is 5.60 Å². The summed E-state index contributed by atoms with van der Waals surface area (Å²) in [5.74, 6) is -0.371. The third kappa shape index (κ3) is 2.46. The van der Waals surface area contributed by atoms with Crippen LogP contribution in [0, 0.1) is 5.82 Å². The van der Waals surface area contributed by atoms with E-state index in [1.165, 1.54) is 12.1 Å². The van der Waals surface area contributed by atoms with Gasteiger partial charge >= 0.3 is 0 Å². The lowest BCUT2D eigenvalue weighted by molar-refractivity contribution is 0.0670. The molecule has 1 rings (SSSR count). The van der Waals surface area contributed by atoms with Gasteiger partial charge in [-0.3, -0.25) is 0 Å². The highest BCUT2D eigenvalue weighted by Gasteiger charge is 2.25. The average molecular weight is 212 g/mol. The highest BCUT2D eigenvalue weighted by atomic mass is 19.1. The Hall–Kier alpha value is -1.13. The zero-order valence-electron chi connectivity index (χ0n) is 9.29. The minimum atomic E-state index is -1.21. The zero-order valence-corrected chi connectivity index (χ0v) is 9.29. The monoisotopic (exact) mass is 212 g/mol. The fourth-order valence-corrected chi connectivity index (χ4v) is 1.44. The van der Waals surface area contributed by atoms with Crippen LogP contribution in [0.25, 0.3) is 0 Å². The molecule has 1 atom stereocenters. The number of nitrogens with two attached hydrogens (primary N) is 1. The largest absolute Gasteiger partial charge is 0.384 e. The molecule has 3 nitrogen and oxygen atoms in total. The van der Waals surface area contributed by atoms with E-state index in [0.717, 1.165) is 5.69 Å². The topological polar surface area (TPSA) is 49.5 Å². The van der Waals surface area contributed by atoms with Gasteiger partial charge in [0.2, 0.25) is 0 Å². The van der Waals surface area contributed by atoms with E-state index in [1.807, 2.05) is 19.0 Å². The maximum Gasteiger partial charge on any atom is 0.123 e. The Bertz CT molecular complexity index is 350. The number of nitrogens with zero attached hydrogens (tertiary/aromatic N) is 1. The predicted molar refractivity (Wildman–Crippen MR) is 59.4 cm³/mol. The second-order valence-corrected chi connectivity index (χ2v) is 4.03. The van der Waals surface area contributed by atoms with Gasteiger partial charge in [0.1, 0.15) is 11.4 Å². The van der Waals surface area contributed by atoms with Gasteiger partial charge < -0.3 is 15.7 Å². The van der Waals surface area contributed by atoms with Gasteiger partial charge in [-0.05, 0) is 25.1 Å². The van der Waals surface area contributed by atoms with Crippen LogP contribution >= 0.6 is 0 Å². The molecule has 0 radical (unpaired) electrons. The first kappa shape index (κ1) is 11.9. The van der Waals surface area contributed by atoms with Crippen LogP contribution in [-0.4, -0.2) is 25.7 Å². The van der Waals surface area contributed by atoms with Crippen molar-refractivity contribution in [3.63, 3.8) is 0 Å². The van der Waals surface area contributed by atoms with Crippen LogP contribution in [0.5, 0.6) is 0 Å². The van der Waals surface area contributed by atoms with Crippen LogP contribution in [0.1, 0.15) is 12.5 Å². The normalized spacial score (nSPS) is 14.8. The van der Waals surface area contributed by atoms with E-state index in [2.05, 4.69) is 0 Å². The van der Waals surface area contributed by atoms with E-state index in [1.54, 1.807) is 13.0 Å². The van der Waals surface area contributed by atoms with Gasteiger partial charge in [-0.25, -0.2) is 4.39 Å². The van der Waals surface area contributed by atoms with Gasteiger partial charge in [-0.1, -0.05) is 0 Å². The summed E-state index contributed by atoms with van der Waals surface area (Å²) in [6.07, 6.45) is 0. The smallest absolute Gasteiger partial charge is 0.123 e. The van der Waals surface area contributed by atoms with Crippen LogP contribution in [0.15, 0.2) is 18.2 Å². The summed E-state index contributed by atoms with van der Waals surface area (Å²) in [4.78, 5) is 1.82. The van der Waals surface area contributed by atoms with Crippen molar-refractivity contribution in [2.45, 2.75) is 12.5 Å². The molecule has 0 saturated heterocycles. The average Bonchev–Trinajstić information content (AvgIpc) is 2.17. The van der Waals surface area contributed by atoms with Gasteiger partial charge in [-0.2, -0.15) is 0 Å². The molecule has 0 heterocycles. The molecule has 0 amide bonds. The van der Waals surface area contributed by atoms with Crippen molar-refractivity contribution in [3.8, 4) is 0 Å². The summed E-state index contributed by atoms with van der Waals surface area (Å²) >= 11 is 0. The Labute approximate surface area is 89.3 Å². The summed E-state index contributed by atoms with van der Waals surface area (Å²) < 4.78 is 13.1. The first-order valence-electron chi connectivity index (χ1n) is 4.78. The molecule has 0 saturated carbocycles. The van der Waals surface area contributed by atoms with Crippen molar-refractivity contribution in [3.05, 3.63) is 29.6 Å². The number of benzene rings is 1. The Kier molecular flexibility index (Phi) is 3.31. The van der Waals surface area contributed by atoms with Gasteiger partial charge in [-0.15, -0.1) is 0 Å². The molecule has 0 bridgehead atoms. The third-order valence-corrected chi connectivity index (χ3v) is 2.42. The van der Waals surface area contributed by atoms with Gasteiger partial charge in [0.25, 0.3) is 0 Å². The zero-order chi connectivity index (χ0) is 11.6. The quantitative estimate of drug-likeness (QED) is 0.787. The number of hydrogen-bond donors (Lipinski definition) is 2. The molecule has 3 N–H and O–H groups in total. The van der Waals surface area contributed by atoms with E-state index >= 15 is 0 Å². The SMILES string of the molecule is CN(C)c1ccc(F)cc1C(C)(O)CN. The molecule has 84 valence electrons. The lowest BCUT2D eigenvalue weighted by atomic mass is 9.94. The Balaban J connectivity index is 3.30. The first-order valence-corrected chi connectivity index (χ1v) is 4.78. The number of aliphatic hydroxyl groups is 1. The van der Waals surface area contributed by atoms with E-state index in [9.17, 15) is 9.50 Å². The lowest BCUT2D eigenvalue weighted by Crippen LogP contribution is -2.33. The molecular weight excluding hydrogens is 195 g/mol. The van der Waals surface area contributed by atoms with Gasteiger partial charge in [0.15, 0.2) is 0 Å². The highest BCUT2D eigenvalue weighted by Crippen LogP contribution is 2.29. The summed E-state index contributed by atoms with van der Waals surface area (Å²) in [6, 6.07) is 4.32. The van der Waals surface area contributed by atoms with E-state index in [-0.39, 0.29) is 12.4 Å². The Morgan fingerprint density at radius 3 is 2.53 bits per heavy atom. The molecule has 1 unspecified atom stereocenters. The number of hydrogen-bond acceptors (Lipinski definition) is 3. The molecule has 0 aliphatic rings. The molecule has 4 heteroatoms. The predicted octanol–water partition coefficient (Wildman–Crippen LogP) is 1.06.